The van der Waals surface area contributed by atoms with Crippen molar-refractivity contribution in [3.05, 3.63) is 0 Å². The molecule has 2 heterocycles. The second-order valence-electron chi connectivity index (χ2n) is 3.42. The van der Waals surface area contributed by atoms with Crippen LogP contribution in [-0.4, -0.2) is 30.3 Å². The maximum Gasteiger partial charge on any atom is 0.124 e. The quantitative estimate of drug-likeness (QED) is 0.498. The van der Waals surface area contributed by atoms with E-state index in [1.165, 1.54) is 19.4 Å². The van der Waals surface area contributed by atoms with E-state index >= 15 is 0 Å². The van der Waals surface area contributed by atoms with Crippen molar-refractivity contribution in [2.75, 3.05) is 13.1 Å². The molecule has 0 radical (unpaired) electrons. The van der Waals surface area contributed by atoms with E-state index in [1.54, 1.807) is 0 Å². The van der Waals surface area contributed by atoms with Crippen LogP contribution >= 0.6 is 0 Å². The number of carbonyl (C=O) groups excluding carboxylic acids is 1. The van der Waals surface area contributed by atoms with Gasteiger partial charge in [0, 0.05) is 18.5 Å². The number of fused-ring (bicyclic) bond motifs is 1. The Morgan fingerprint density at radius 1 is 1.50 bits per heavy atom. The molecule has 0 bridgehead atoms. The molecular formula is C8H13NO. The van der Waals surface area contributed by atoms with E-state index in [0.717, 1.165) is 25.3 Å². The van der Waals surface area contributed by atoms with Crippen LogP contribution in [-0.2, 0) is 4.79 Å². The Balaban J connectivity index is 1.99. The van der Waals surface area contributed by atoms with Gasteiger partial charge in [0.05, 0.1) is 0 Å². The number of hydrogen-bond donors (Lipinski definition) is 0. The molecule has 10 heavy (non-hydrogen) atoms. The Labute approximate surface area is 61.2 Å². The normalized spacial score (nSPS) is 40.0. The van der Waals surface area contributed by atoms with Crippen molar-refractivity contribution in [3.8, 4) is 0 Å². The summed E-state index contributed by atoms with van der Waals surface area (Å²) in [6.45, 7) is 2.27. The molecule has 2 fully saturated rings. The van der Waals surface area contributed by atoms with Crippen LogP contribution in [0.3, 0.4) is 0 Å². The van der Waals surface area contributed by atoms with Crippen LogP contribution < -0.4 is 0 Å². The van der Waals surface area contributed by atoms with Gasteiger partial charge in [-0.2, -0.15) is 0 Å². The van der Waals surface area contributed by atoms with Gasteiger partial charge in [-0.25, -0.2) is 0 Å². The maximum atomic E-state index is 10.4. The van der Waals surface area contributed by atoms with Crippen molar-refractivity contribution in [1.82, 2.24) is 4.90 Å². The molecule has 2 unspecified atom stereocenters. The average Bonchev–Trinajstić information content (AvgIpc) is 2.42. The Kier molecular flexibility index (Phi) is 1.49. The van der Waals surface area contributed by atoms with Gasteiger partial charge in [-0.1, -0.05) is 0 Å². The lowest BCUT2D eigenvalue weighted by atomic mass is 10.1. The van der Waals surface area contributed by atoms with Crippen molar-refractivity contribution in [2.24, 2.45) is 5.92 Å². The van der Waals surface area contributed by atoms with Crippen LogP contribution in [0.2, 0.25) is 0 Å². The summed E-state index contributed by atoms with van der Waals surface area (Å²) in [7, 11) is 0. The van der Waals surface area contributed by atoms with Gasteiger partial charge in [-0.05, 0) is 25.8 Å². The van der Waals surface area contributed by atoms with Crippen molar-refractivity contribution < 1.29 is 4.79 Å². The van der Waals surface area contributed by atoms with Crippen LogP contribution in [0, 0.1) is 5.92 Å². The van der Waals surface area contributed by atoms with E-state index in [4.69, 9.17) is 0 Å². The molecule has 0 spiro atoms. The average molecular weight is 139 g/mol. The molecule has 56 valence electrons. The molecule has 0 aromatic carbocycles. The molecule has 2 saturated heterocycles. The molecule has 0 aliphatic carbocycles. The van der Waals surface area contributed by atoms with Crippen LogP contribution in [0.4, 0.5) is 0 Å². The number of nitrogens with zero attached hydrogens (tertiary/aromatic N) is 1. The molecule has 0 aromatic rings. The third-order valence-electron chi connectivity index (χ3n) is 2.74. The molecule has 2 nitrogen and oxygen atoms in total. The molecule has 0 amide bonds. The minimum absolute atomic E-state index is 0.352. The van der Waals surface area contributed by atoms with Gasteiger partial charge in [0.2, 0.25) is 0 Å². The molecule has 2 aliphatic rings. The van der Waals surface area contributed by atoms with E-state index in [1.807, 2.05) is 0 Å². The molecule has 2 rings (SSSR count). The fourth-order valence-corrected chi connectivity index (χ4v) is 2.23. The SMILES string of the molecule is O=CC1CC2CCCN2C1. The summed E-state index contributed by atoms with van der Waals surface area (Å²) in [5, 5.41) is 0. The Hall–Kier alpha value is -0.370. The number of hydrogen-bond acceptors (Lipinski definition) is 2. The summed E-state index contributed by atoms with van der Waals surface area (Å²) in [5.74, 6) is 0.352. The first kappa shape index (κ1) is 6.35. The molecular weight excluding hydrogens is 126 g/mol. The van der Waals surface area contributed by atoms with Crippen molar-refractivity contribution in [3.63, 3.8) is 0 Å². The number of rotatable bonds is 1. The lowest BCUT2D eigenvalue weighted by molar-refractivity contribution is -0.110. The van der Waals surface area contributed by atoms with Crippen LogP contribution in [0.5, 0.6) is 0 Å². The first-order chi connectivity index (χ1) is 4.90. The first-order valence-electron chi connectivity index (χ1n) is 4.09. The van der Waals surface area contributed by atoms with Crippen molar-refractivity contribution >= 4 is 6.29 Å². The zero-order chi connectivity index (χ0) is 6.97. The minimum atomic E-state index is 0.352. The summed E-state index contributed by atoms with van der Waals surface area (Å²) in [5.41, 5.74) is 0. The molecule has 0 N–H and O–H groups in total. The van der Waals surface area contributed by atoms with Gasteiger partial charge in [-0.15, -0.1) is 0 Å². The largest absolute Gasteiger partial charge is 0.303 e. The summed E-state index contributed by atoms with van der Waals surface area (Å²) in [4.78, 5) is 12.9. The van der Waals surface area contributed by atoms with Gasteiger partial charge in [-0.3, -0.25) is 4.90 Å². The first-order valence-corrected chi connectivity index (χ1v) is 4.09. The third kappa shape index (κ3) is 0.870. The summed E-state index contributed by atoms with van der Waals surface area (Å²) in [6, 6.07) is 0.759. The van der Waals surface area contributed by atoms with Crippen LogP contribution in [0.15, 0.2) is 0 Å². The monoisotopic (exact) mass is 139 g/mol. The lowest BCUT2D eigenvalue weighted by Gasteiger charge is -2.12. The highest BCUT2D eigenvalue weighted by molar-refractivity contribution is 5.54. The van der Waals surface area contributed by atoms with E-state index in [0.29, 0.717) is 5.92 Å². The van der Waals surface area contributed by atoms with Gasteiger partial charge in [0.15, 0.2) is 0 Å². The fourth-order valence-electron chi connectivity index (χ4n) is 2.23. The van der Waals surface area contributed by atoms with E-state index in [9.17, 15) is 4.79 Å². The molecule has 2 aliphatic heterocycles. The van der Waals surface area contributed by atoms with E-state index < -0.39 is 0 Å². The number of carbonyl (C=O) groups is 1. The van der Waals surface area contributed by atoms with E-state index in [2.05, 4.69) is 4.90 Å². The summed E-state index contributed by atoms with van der Waals surface area (Å²) < 4.78 is 0. The molecule has 2 atom stereocenters. The zero-order valence-corrected chi connectivity index (χ0v) is 6.12. The molecule has 0 aromatic heterocycles. The van der Waals surface area contributed by atoms with E-state index in [-0.39, 0.29) is 0 Å². The predicted molar refractivity (Wildman–Crippen MR) is 38.8 cm³/mol. The van der Waals surface area contributed by atoms with Gasteiger partial charge in [0.25, 0.3) is 0 Å². The highest BCUT2D eigenvalue weighted by Crippen LogP contribution is 2.29. The second-order valence-corrected chi connectivity index (χ2v) is 3.42. The van der Waals surface area contributed by atoms with Crippen LogP contribution in [0.25, 0.3) is 0 Å². The maximum absolute atomic E-state index is 10.4. The number of aldehydes is 1. The molecule has 0 saturated carbocycles. The summed E-state index contributed by atoms with van der Waals surface area (Å²) in [6.07, 6.45) is 4.92. The Morgan fingerprint density at radius 2 is 2.40 bits per heavy atom. The van der Waals surface area contributed by atoms with Crippen molar-refractivity contribution in [2.45, 2.75) is 25.3 Å². The van der Waals surface area contributed by atoms with Gasteiger partial charge < -0.3 is 4.79 Å². The highest BCUT2D eigenvalue weighted by Gasteiger charge is 2.34. The van der Waals surface area contributed by atoms with Gasteiger partial charge in [0.1, 0.15) is 6.29 Å². The summed E-state index contributed by atoms with van der Waals surface area (Å²) >= 11 is 0. The van der Waals surface area contributed by atoms with Crippen LogP contribution in [0.1, 0.15) is 19.3 Å². The lowest BCUT2D eigenvalue weighted by Crippen LogP contribution is -2.22. The highest BCUT2D eigenvalue weighted by atomic mass is 16.1. The van der Waals surface area contributed by atoms with Gasteiger partial charge >= 0.3 is 0 Å². The molecule has 2 heteroatoms. The predicted octanol–water partition coefficient (Wildman–Crippen LogP) is 0.670. The zero-order valence-electron chi connectivity index (χ0n) is 6.12. The Morgan fingerprint density at radius 3 is 3.10 bits per heavy atom. The Bertz CT molecular complexity index is 134. The topological polar surface area (TPSA) is 20.3 Å². The second kappa shape index (κ2) is 2.35. The minimum Gasteiger partial charge on any atom is -0.303 e. The fraction of sp³-hybridized carbons (Fsp3) is 0.875. The smallest absolute Gasteiger partial charge is 0.124 e. The standard InChI is InChI=1S/C8H13NO/c10-6-7-4-8-2-1-3-9(8)5-7/h6-8H,1-5H2. The van der Waals surface area contributed by atoms with Crippen molar-refractivity contribution in [1.29, 1.82) is 0 Å². The third-order valence-corrected chi connectivity index (χ3v) is 2.74.